The molecule has 0 unspecified atom stereocenters. The Labute approximate surface area is 145 Å². The van der Waals surface area contributed by atoms with E-state index in [0.29, 0.717) is 17.1 Å². The van der Waals surface area contributed by atoms with Crippen molar-refractivity contribution in [3.63, 3.8) is 0 Å². The van der Waals surface area contributed by atoms with E-state index < -0.39 is 11.6 Å². The Morgan fingerprint density at radius 1 is 1.00 bits per heavy atom. The summed E-state index contributed by atoms with van der Waals surface area (Å²) >= 11 is 0. The molecule has 124 valence electrons. The molecule has 0 aromatic heterocycles. The Hall–Kier alpha value is -3.17. The van der Waals surface area contributed by atoms with Gasteiger partial charge in [0.2, 0.25) is 0 Å². The van der Waals surface area contributed by atoms with Crippen LogP contribution in [-0.2, 0) is 9.53 Å². The van der Waals surface area contributed by atoms with Crippen molar-refractivity contribution in [1.82, 2.24) is 0 Å². The maximum absolute atomic E-state index is 13.1. The van der Waals surface area contributed by atoms with E-state index in [1.807, 2.05) is 31.2 Å². The molecule has 0 atom stereocenters. The van der Waals surface area contributed by atoms with Crippen LogP contribution in [0.5, 0.6) is 0 Å². The van der Waals surface area contributed by atoms with Gasteiger partial charge in [0.25, 0.3) is 5.91 Å². The topological polar surface area (TPSA) is 54.2 Å². The van der Waals surface area contributed by atoms with Gasteiger partial charge in [-0.05, 0) is 31.2 Å². The fourth-order valence-electron chi connectivity index (χ4n) is 3.18. The summed E-state index contributed by atoms with van der Waals surface area (Å²) in [6.07, 6.45) is 0. The predicted molar refractivity (Wildman–Crippen MR) is 92.8 cm³/mol. The highest BCUT2D eigenvalue weighted by Gasteiger charge is 2.62. The molecule has 0 bridgehead atoms. The Bertz CT molecular complexity index is 893. The van der Waals surface area contributed by atoms with Crippen molar-refractivity contribution >= 4 is 29.0 Å². The number of anilines is 2. The van der Waals surface area contributed by atoms with Crippen LogP contribution in [-0.4, -0.2) is 30.7 Å². The summed E-state index contributed by atoms with van der Waals surface area (Å²) in [6.45, 7) is 9.35. The van der Waals surface area contributed by atoms with Crippen LogP contribution in [0.4, 0.5) is 21.9 Å². The maximum atomic E-state index is 13.1. The molecule has 3 amide bonds. The number of carbonyl (C=O) groups excluding carboxylic acids is 2. The average molecular weight is 333 g/mol. The van der Waals surface area contributed by atoms with Gasteiger partial charge >= 0.3 is 6.03 Å². The van der Waals surface area contributed by atoms with Crippen LogP contribution >= 0.6 is 0 Å². The first kappa shape index (κ1) is 15.4. The quantitative estimate of drug-likeness (QED) is 0.626. The first-order valence-corrected chi connectivity index (χ1v) is 7.87. The van der Waals surface area contributed by atoms with Gasteiger partial charge in [-0.3, -0.25) is 9.69 Å². The van der Waals surface area contributed by atoms with Gasteiger partial charge in [0.1, 0.15) is 0 Å². The molecule has 0 saturated carbocycles. The fraction of sp³-hybridized carbons (Fsp3) is 0.211. The average Bonchev–Trinajstić information content (AvgIpc) is 2.83. The second-order valence-electron chi connectivity index (χ2n) is 6.25. The van der Waals surface area contributed by atoms with Gasteiger partial charge in [0, 0.05) is 5.69 Å². The van der Waals surface area contributed by atoms with E-state index in [2.05, 4.69) is 4.85 Å². The molecular formula is C19H15N3O3. The van der Waals surface area contributed by atoms with E-state index in [-0.39, 0.29) is 19.1 Å². The van der Waals surface area contributed by atoms with Crippen LogP contribution in [0.2, 0.25) is 0 Å². The number of nitrogens with zero attached hydrogens (tertiary/aromatic N) is 3. The lowest BCUT2D eigenvalue weighted by Gasteiger charge is -2.41. The zero-order valence-corrected chi connectivity index (χ0v) is 13.6. The molecule has 1 spiro atoms. The van der Waals surface area contributed by atoms with Gasteiger partial charge in [-0.15, -0.1) is 0 Å². The smallest absolute Gasteiger partial charge is 0.337 e. The van der Waals surface area contributed by atoms with Crippen LogP contribution in [0.1, 0.15) is 5.56 Å². The first-order valence-electron chi connectivity index (χ1n) is 7.87. The molecule has 6 nitrogen and oxygen atoms in total. The maximum Gasteiger partial charge on any atom is 0.337 e. The highest BCUT2D eigenvalue weighted by atomic mass is 16.5. The monoisotopic (exact) mass is 333 g/mol. The molecule has 0 radical (unpaired) electrons. The Balaban J connectivity index is 1.78. The minimum absolute atomic E-state index is 0.183. The summed E-state index contributed by atoms with van der Waals surface area (Å²) in [7, 11) is 0. The van der Waals surface area contributed by atoms with Gasteiger partial charge < -0.3 is 4.74 Å². The second kappa shape index (κ2) is 5.43. The lowest BCUT2D eigenvalue weighted by molar-refractivity contribution is -0.136. The largest absolute Gasteiger partial charge is 0.375 e. The molecule has 0 aliphatic carbocycles. The van der Waals surface area contributed by atoms with E-state index in [0.717, 1.165) is 5.56 Å². The summed E-state index contributed by atoms with van der Waals surface area (Å²) in [5.74, 6) is -0.292. The third-order valence-electron chi connectivity index (χ3n) is 4.62. The van der Waals surface area contributed by atoms with Crippen LogP contribution in [0.3, 0.4) is 0 Å². The predicted octanol–water partition coefficient (Wildman–Crippen LogP) is 3.29. The number of urea groups is 1. The Morgan fingerprint density at radius 2 is 1.60 bits per heavy atom. The number of hydrogen-bond acceptors (Lipinski definition) is 3. The number of amides is 3. The molecule has 2 saturated heterocycles. The van der Waals surface area contributed by atoms with Crippen LogP contribution in [0.25, 0.3) is 4.85 Å². The Kier molecular flexibility index (Phi) is 3.34. The van der Waals surface area contributed by atoms with Crippen LogP contribution < -0.4 is 9.80 Å². The van der Waals surface area contributed by atoms with Gasteiger partial charge in [0.05, 0.1) is 25.5 Å². The summed E-state index contributed by atoms with van der Waals surface area (Å²) in [6, 6.07) is 13.5. The van der Waals surface area contributed by atoms with Gasteiger partial charge in [-0.25, -0.2) is 14.5 Å². The van der Waals surface area contributed by atoms with Crippen molar-refractivity contribution < 1.29 is 14.3 Å². The van der Waals surface area contributed by atoms with Crippen molar-refractivity contribution in [3.8, 4) is 0 Å². The van der Waals surface area contributed by atoms with Crippen molar-refractivity contribution in [2.45, 2.75) is 12.5 Å². The molecule has 25 heavy (non-hydrogen) atoms. The van der Waals surface area contributed by atoms with Gasteiger partial charge in [0.15, 0.2) is 11.2 Å². The molecule has 4 rings (SSSR count). The highest BCUT2D eigenvalue weighted by molar-refractivity contribution is 6.31. The van der Waals surface area contributed by atoms with Crippen LogP contribution in [0, 0.1) is 13.5 Å². The number of imide groups is 1. The molecule has 2 aromatic rings. The highest BCUT2D eigenvalue weighted by Crippen LogP contribution is 2.40. The molecule has 6 heteroatoms. The zero-order valence-electron chi connectivity index (χ0n) is 13.6. The number of carbonyl (C=O) groups is 2. The SMILES string of the molecule is [C-]#[N+]c1ccc(N2C(=O)N(c3ccc(C)cc3)C3(COC3)C2=O)cc1. The minimum Gasteiger partial charge on any atom is -0.375 e. The third kappa shape index (κ3) is 2.13. The van der Waals surface area contributed by atoms with E-state index in [1.54, 1.807) is 24.3 Å². The third-order valence-corrected chi connectivity index (χ3v) is 4.62. The molecule has 0 N–H and O–H groups in total. The Morgan fingerprint density at radius 3 is 2.12 bits per heavy atom. The van der Waals surface area contributed by atoms with Crippen molar-refractivity contribution in [2.75, 3.05) is 23.0 Å². The molecule has 2 heterocycles. The van der Waals surface area contributed by atoms with Gasteiger partial charge in [-0.2, -0.15) is 0 Å². The molecule has 2 aliphatic rings. The number of ether oxygens (including phenoxy) is 1. The number of rotatable bonds is 2. The van der Waals surface area contributed by atoms with E-state index in [9.17, 15) is 9.59 Å². The first-order chi connectivity index (χ1) is 12.1. The van der Waals surface area contributed by atoms with Crippen molar-refractivity contribution in [2.24, 2.45) is 0 Å². The standard InChI is InChI=1S/C19H15N3O3/c1-13-3-7-16(8-4-13)22-18(24)21(17(23)19(22)11-25-12-19)15-9-5-14(20-2)6-10-15/h3-10H,11-12H2,1H3. The van der Waals surface area contributed by atoms with Crippen molar-refractivity contribution in [3.05, 3.63) is 65.5 Å². The summed E-state index contributed by atoms with van der Waals surface area (Å²) in [5.41, 5.74) is 1.69. The summed E-state index contributed by atoms with van der Waals surface area (Å²) < 4.78 is 5.29. The van der Waals surface area contributed by atoms with Gasteiger partial charge in [-0.1, -0.05) is 29.8 Å². The normalized spacial score (nSPS) is 18.4. The number of aryl methyl sites for hydroxylation is 1. The summed E-state index contributed by atoms with van der Waals surface area (Å²) in [5, 5.41) is 0. The second-order valence-corrected chi connectivity index (χ2v) is 6.25. The van der Waals surface area contributed by atoms with Crippen molar-refractivity contribution in [1.29, 1.82) is 0 Å². The fourth-order valence-corrected chi connectivity index (χ4v) is 3.18. The van der Waals surface area contributed by atoms with E-state index >= 15 is 0 Å². The summed E-state index contributed by atoms with van der Waals surface area (Å²) in [4.78, 5) is 32.2. The number of hydrogen-bond donors (Lipinski definition) is 0. The molecule has 2 aromatic carbocycles. The number of benzene rings is 2. The lowest BCUT2D eigenvalue weighted by Crippen LogP contribution is -2.64. The molecule has 2 fully saturated rings. The molecule has 2 aliphatic heterocycles. The minimum atomic E-state index is -0.981. The zero-order chi connectivity index (χ0) is 17.6. The van der Waals surface area contributed by atoms with E-state index in [1.165, 1.54) is 9.80 Å². The van der Waals surface area contributed by atoms with E-state index in [4.69, 9.17) is 11.3 Å². The molecular weight excluding hydrogens is 318 g/mol. The lowest BCUT2D eigenvalue weighted by atomic mass is 9.94. The van der Waals surface area contributed by atoms with Crippen LogP contribution in [0.15, 0.2) is 48.5 Å².